The van der Waals surface area contributed by atoms with Crippen LogP contribution in [-0.4, -0.2) is 26.4 Å². The quantitative estimate of drug-likeness (QED) is 0.501. The average Bonchev–Trinajstić information content (AvgIpc) is 3.13. The van der Waals surface area contributed by atoms with Crippen molar-refractivity contribution in [3.63, 3.8) is 0 Å². The third-order valence-corrected chi connectivity index (χ3v) is 5.60. The van der Waals surface area contributed by atoms with Gasteiger partial charge in [0.15, 0.2) is 17.1 Å². The molecule has 1 heterocycles. The van der Waals surface area contributed by atoms with Crippen molar-refractivity contribution in [1.29, 1.82) is 0 Å². The Balaban J connectivity index is 1.65. The number of rotatable bonds is 8. The van der Waals surface area contributed by atoms with Gasteiger partial charge in [0, 0.05) is 6.54 Å². The number of thioether (sulfide) groups is 1. The summed E-state index contributed by atoms with van der Waals surface area (Å²) in [4.78, 5) is 12.3. The van der Waals surface area contributed by atoms with Gasteiger partial charge in [0.1, 0.15) is 5.75 Å². The van der Waals surface area contributed by atoms with E-state index in [1.54, 1.807) is 12.1 Å². The van der Waals surface area contributed by atoms with Crippen LogP contribution < -0.4 is 10.1 Å². The van der Waals surface area contributed by atoms with E-state index in [9.17, 15) is 4.79 Å². The van der Waals surface area contributed by atoms with E-state index < -0.39 is 0 Å². The summed E-state index contributed by atoms with van der Waals surface area (Å²) in [6, 6.07) is 15.0. The molecule has 0 radical (unpaired) electrons. The molecule has 0 aliphatic carbocycles. The number of hydrogen-bond donors (Lipinski definition) is 1. The van der Waals surface area contributed by atoms with Crippen molar-refractivity contribution >= 4 is 35.0 Å². The number of halogens is 1. The Morgan fingerprint density at radius 2 is 1.93 bits per heavy atom. The zero-order chi connectivity index (χ0) is 20.8. The molecule has 1 amide bonds. The van der Waals surface area contributed by atoms with Gasteiger partial charge < -0.3 is 14.6 Å². The molecule has 0 aliphatic rings. The number of para-hydroxylation sites is 2. The predicted octanol–water partition coefficient (Wildman–Crippen LogP) is 5.13. The van der Waals surface area contributed by atoms with E-state index in [0.717, 1.165) is 17.1 Å². The van der Waals surface area contributed by atoms with Crippen molar-refractivity contribution in [2.45, 2.75) is 38.6 Å². The second-order valence-electron chi connectivity index (χ2n) is 6.43. The molecule has 1 aromatic heterocycles. The summed E-state index contributed by atoms with van der Waals surface area (Å²) in [5.74, 6) is 1.60. The Bertz CT molecular complexity index is 992. The van der Waals surface area contributed by atoms with Crippen molar-refractivity contribution in [3.8, 4) is 5.75 Å². The number of hydrogen-bond acceptors (Lipinski definition) is 5. The lowest BCUT2D eigenvalue weighted by Gasteiger charge is -2.17. The van der Waals surface area contributed by atoms with E-state index in [1.807, 2.05) is 61.7 Å². The van der Waals surface area contributed by atoms with E-state index >= 15 is 0 Å². The van der Waals surface area contributed by atoms with Crippen LogP contribution in [0.3, 0.4) is 0 Å². The monoisotopic (exact) mass is 430 g/mol. The molecule has 3 aromatic rings. The number of aromatic nitrogens is 3. The van der Waals surface area contributed by atoms with Crippen LogP contribution in [0.5, 0.6) is 5.75 Å². The summed E-state index contributed by atoms with van der Waals surface area (Å²) in [5, 5.41) is 12.6. The molecule has 1 N–H and O–H groups in total. The minimum absolute atomic E-state index is 0.153. The Morgan fingerprint density at radius 1 is 1.21 bits per heavy atom. The molecule has 152 valence electrons. The molecule has 0 fully saturated rings. The minimum atomic E-state index is -0.269. The zero-order valence-corrected chi connectivity index (χ0v) is 18.1. The molecule has 8 heteroatoms. The second kappa shape index (κ2) is 9.80. The van der Waals surface area contributed by atoms with Gasteiger partial charge in [0.05, 0.1) is 16.5 Å². The number of anilines is 1. The maximum atomic E-state index is 12.3. The molecule has 3 rings (SSSR count). The highest BCUT2D eigenvalue weighted by Crippen LogP contribution is 2.27. The lowest BCUT2D eigenvalue weighted by molar-refractivity contribution is -0.113. The molecule has 29 heavy (non-hydrogen) atoms. The highest BCUT2D eigenvalue weighted by Gasteiger charge is 2.20. The summed E-state index contributed by atoms with van der Waals surface area (Å²) in [6.07, 6.45) is -0.269. The maximum absolute atomic E-state index is 12.3. The molecular weight excluding hydrogens is 408 g/mol. The Kier molecular flexibility index (Phi) is 7.17. The lowest BCUT2D eigenvalue weighted by atomic mass is 10.2. The fraction of sp³-hybridized carbons (Fsp3) is 0.286. The van der Waals surface area contributed by atoms with Crippen molar-refractivity contribution in [2.75, 3.05) is 11.1 Å². The first kappa shape index (κ1) is 21.2. The Hall–Kier alpha value is -2.51. The van der Waals surface area contributed by atoms with Gasteiger partial charge in [-0.05, 0) is 44.5 Å². The Morgan fingerprint density at radius 3 is 2.66 bits per heavy atom. The molecule has 0 spiro atoms. The van der Waals surface area contributed by atoms with Crippen LogP contribution in [0.15, 0.2) is 53.7 Å². The molecule has 0 saturated heterocycles. The molecular formula is C21H23ClN4O2S. The predicted molar refractivity (Wildman–Crippen MR) is 117 cm³/mol. The summed E-state index contributed by atoms with van der Waals surface area (Å²) in [7, 11) is 0. The first-order chi connectivity index (χ1) is 14.0. The van der Waals surface area contributed by atoms with Crippen LogP contribution in [0.4, 0.5) is 5.69 Å². The van der Waals surface area contributed by atoms with Gasteiger partial charge in [-0.25, -0.2) is 0 Å². The Labute approximate surface area is 179 Å². The second-order valence-corrected chi connectivity index (χ2v) is 7.78. The summed E-state index contributed by atoms with van der Waals surface area (Å²) in [6.45, 7) is 6.64. The molecule has 0 saturated carbocycles. The van der Waals surface area contributed by atoms with E-state index in [0.29, 0.717) is 22.4 Å². The number of carbonyl (C=O) groups excluding carboxylic acids is 1. The van der Waals surface area contributed by atoms with Crippen LogP contribution in [0.1, 0.15) is 31.3 Å². The van der Waals surface area contributed by atoms with Gasteiger partial charge in [-0.15, -0.1) is 10.2 Å². The number of carbonyl (C=O) groups is 1. The van der Waals surface area contributed by atoms with Crippen molar-refractivity contribution in [2.24, 2.45) is 0 Å². The topological polar surface area (TPSA) is 69.0 Å². The molecule has 0 bridgehead atoms. The fourth-order valence-electron chi connectivity index (χ4n) is 2.82. The highest BCUT2D eigenvalue weighted by atomic mass is 35.5. The standard InChI is InChI=1S/C21H23ClN4O2S/c1-4-26-20(15(3)28-18-12-8-5-9-14(18)2)24-25-21(26)29-13-19(27)23-17-11-7-6-10-16(17)22/h5-12,15H,4,13H2,1-3H3,(H,23,27). The third-order valence-electron chi connectivity index (χ3n) is 4.30. The molecule has 1 unspecified atom stereocenters. The van der Waals surface area contributed by atoms with Gasteiger partial charge in [-0.1, -0.05) is 53.7 Å². The minimum Gasteiger partial charge on any atom is -0.482 e. The number of ether oxygens (including phenoxy) is 1. The van der Waals surface area contributed by atoms with Crippen LogP contribution in [0.2, 0.25) is 5.02 Å². The smallest absolute Gasteiger partial charge is 0.234 e. The summed E-state index contributed by atoms with van der Waals surface area (Å²) >= 11 is 7.42. The molecule has 1 atom stereocenters. The van der Waals surface area contributed by atoms with Crippen molar-refractivity contribution < 1.29 is 9.53 Å². The van der Waals surface area contributed by atoms with Gasteiger partial charge in [0.25, 0.3) is 0 Å². The van der Waals surface area contributed by atoms with E-state index in [4.69, 9.17) is 16.3 Å². The van der Waals surface area contributed by atoms with Crippen LogP contribution >= 0.6 is 23.4 Å². The number of nitrogens with one attached hydrogen (secondary N) is 1. The SMILES string of the molecule is CCn1c(SCC(=O)Nc2ccccc2Cl)nnc1C(C)Oc1ccccc1C. The average molecular weight is 431 g/mol. The summed E-state index contributed by atoms with van der Waals surface area (Å²) < 4.78 is 8.05. The highest BCUT2D eigenvalue weighted by molar-refractivity contribution is 7.99. The van der Waals surface area contributed by atoms with Crippen LogP contribution in [0.25, 0.3) is 0 Å². The van der Waals surface area contributed by atoms with Crippen molar-refractivity contribution in [3.05, 3.63) is 64.9 Å². The van der Waals surface area contributed by atoms with E-state index in [2.05, 4.69) is 15.5 Å². The van der Waals surface area contributed by atoms with Gasteiger partial charge >= 0.3 is 0 Å². The molecule has 0 aliphatic heterocycles. The third kappa shape index (κ3) is 5.31. The first-order valence-electron chi connectivity index (χ1n) is 9.32. The number of amides is 1. The molecule has 6 nitrogen and oxygen atoms in total. The lowest BCUT2D eigenvalue weighted by Crippen LogP contribution is -2.15. The zero-order valence-electron chi connectivity index (χ0n) is 16.6. The normalized spacial score (nSPS) is 11.9. The molecule has 2 aromatic carbocycles. The largest absolute Gasteiger partial charge is 0.482 e. The number of nitrogens with zero attached hydrogens (tertiary/aromatic N) is 3. The van der Waals surface area contributed by atoms with Gasteiger partial charge in [0.2, 0.25) is 5.91 Å². The van der Waals surface area contributed by atoms with Crippen LogP contribution in [0, 0.1) is 6.92 Å². The first-order valence-corrected chi connectivity index (χ1v) is 10.7. The van der Waals surface area contributed by atoms with Gasteiger partial charge in [-0.2, -0.15) is 0 Å². The van der Waals surface area contributed by atoms with E-state index in [-0.39, 0.29) is 17.8 Å². The van der Waals surface area contributed by atoms with Crippen LogP contribution in [-0.2, 0) is 11.3 Å². The van der Waals surface area contributed by atoms with Crippen molar-refractivity contribution in [1.82, 2.24) is 14.8 Å². The van der Waals surface area contributed by atoms with Gasteiger partial charge in [-0.3, -0.25) is 4.79 Å². The fourth-order valence-corrected chi connectivity index (χ4v) is 3.81. The van der Waals surface area contributed by atoms with E-state index in [1.165, 1.54) is 11.8 Å². The summed E-state index contributed by atoms with van der Waals surface area (Å²) in [5.41, 5.74) is 1.66. The number of benzene rings is 2. The maximum Gasteiger partial charge on any atom is 0.234 e. The number of aryl methyl sites for hydroxylation is 1.